The van der Waals surface area contributed by atoms with Gasteiger partial charge in [0.15, 0.2) is 12.0 Å². The Balaban J connectivity index is 6.50. The summed E-state index contributed by atoms with van der Waals surface area (Å²) < 4.78 is 0. The summed E-state index contributed by atoms with van der Waals surface area (Å²) in [5.74, 6) is -13.6. The van der Waals surface area contributed by atoms with Gasteiger partial charge in [-0.2, -0.15) is 24.4 Å². The van der Waals surface area contributed by atoms with E-state index < -0.39 is 163 Å². The van der Waals surface area contributed by atoms with Crippen molar-refractivity contribution in [2.45, 2.75) is 134 Å². The molecule has 392 valence electrons. The first kappa shape index (κ1) is 63.1. The zero-order valence-electron chi connectivity index (χ0n) is 39.4. The van der Waals surface area contributed by atoms with Crippen molar-refractivity contribution in [3.63, 3.8) is 0 Å². The number of nitrogens with zero attached hydrogens (tertiary/aromatic N) is 1. The largest absolute Gasteiger partial charge is 0.481 e. The lowest BCUT2D eigenvalue weighted by Gasteiger charge is -2.28. The van der Waals surface area contributed by atoms with Crippen molar-refractivity contribution in [2.24, 2.45) is 34.0 Å². The van der Waals surface area contributed by atoms with Gasteiger partial charge in [0, 0.05) is 18.7 Å². The van der Waals surface area contributed by atoms with Crippen LogP contribution in [0.2, 0.25) is 0 Å². The average molecular weight is 1020 g/mol. The van der Waals surface area contributed by atoms with Crippen molar-refractivity contribution in [3.8, 4) is 0 Å². The third kappa shape index (κ3) is 24.8. The summed E-state index contributed by atoms with van der Waals surface area (Å²) in [5.41, 5.74) is 16.8. The van der Waals surface area contributed by atoms with Crippen LogP contribution in [0.15, 0.2) is 4.99 Å². The summed E-state index contributed by atoms with van der Waals surface area (Å²) in [4.78, 5) is 145. The molecule has 27 nitrogen and oxygen atoms in total. The van der Waals surface area contributed by atoms with Crippen LogP contribution in [0.25, 0.3) is 0 Å². The normalized spacial score (nSPS) is 15.3. The van der Waals surface area contributed by atoms with E-state index in [4.69, 9.17) is 17.2 Å². The number of nitrogens with one attached hydrogen (secondary N) is 8. The van der Waals surface area contributed by atoms with Gasteiger partial charge in [0.1, 0.15) is 36.3 Å². The maximum atomic E-state index is 13.9. The average Bonchev–Trinajstić information content (AvgIpc) is 3.27. The van der Waals surface area contributed by atoms with Gasteiger partial charge in [-0.25, -0.2) is 4.79 Å². The molecule has 0 unspecified atom stereocenters. The minimum Gasteiger partial charge on any atom is -0.481 e. The van der Waals surface area contributed by atoms with E-state index in [0.717, 1.165) is 6.92 Å². The molecule has 0 saturated carbocycles. The molecule has 0 aliphatic carbocycles. The Bertz CT molecular complexity index is 1820. The van der Waals surface area contributed by atoms with Crippen LogP contribution < -0.4 is 59.7 Å². The molecule has 10 atom stereocenters. The fourth-order valence-electron chi connectivity index (χ4n) is 5.98. The predicted molar refractivity (Wildman–Crippen MR) is 254 cm³/mol. The number of amides is 8. The molecule has 18 N–H and O–H groups in total. The van der Waals surface area contributed by atoms with Gasteiger partial charge in [0.25, 0.3) is 0 Å². The maximum Gasteiger partial charge on any atom is 0.328 e. The van der Waals surface area contributed by atoms with Crippen molar-refractivity contribution in [1.82, 2.24) is 42.5 Å². The van der Waals surface area contributed by atoms with Gasteiger partial charge in [-0.3, -0.25) is 52.9 Å². The molecule has 0 aromatic rings. The lowest BCUT2D eigenvalue weighted by molar-refractivity contribution is -0.144. The number of thioether (sulfide) groups is 1. The number of aliphatic hydroxyl groups is 1. The molecule has 0 heterocycles. The second-order valence-electron chi connectivity index (χ2n) is 16.2. The van der Waals surface area contributed by atoms with Crippen molar-refractivity contribution < 1.29 is 73.2 Å². The molecule has 0 spiro atoms. The Morgan fingerprint density at radius 2 is 1.16 bits per heavy atom. The molecule has 69 heavy (non-hydrogen) atoms. The van der Waals surface area contributed by atoms with Crippen LogP contribution in [-0.2, 0) is 52.7 Å². The fraction of sp³-hybridized carbons (Fsp3) is 0.700. The van der Waals surface area contributed by atoms with Gasteiger partial charge in [0.05, 0.1) is 25.1 Å². The van der Waals surface area contributed by atoms with Gasteiger partial charge in [0.2, 0.25) is 47.3 Å². The summed E-state index contributed by atoms with van der Waals surface area (Å²) in [5, 5.41) is 56.7. The minimum absolute atomic E-state index is 0.0404. The van der Waals surface area contributed by atoms with Gasteiger partial charge in [-0.05, 0) is 56.5 Å². The first-order valence-electron chi connectivity index (χ1n) is 21.8. The number of carbonyl (C=O) groups excluding carboxylic acids is 8. The highest BCUT2D eigenvalue weighted by molar-refractivity contribution is 7.98. The van der Waals surface area contributed by atoms with Gasteiger partial charge in [-0.1, -0.05) is 34.1 Å². The predicted octanol–water partition coefficient (Wildman–Crippen LogP) is -4.93. The minimum atomic E-state index is -1.81. The molecule has 8 amide bonds. The summed E-state index contributed by atoms with van der Waals surface area (Å²) in [6, 6.07) is -11.9. The smallest absolute Gasteiger partial charge is 0.328 e. The Kier molecular flexibility index (Phi) is 29.9. The Morgan fingerprint density at radius 3 is 1.65 bits per heavy atom. The third-order valence-electron chi connectivity index (χ3n) is 10.2. The fourth-order valence-corrected chi connectivity index (χ4v) is 6.73. The van der Waals surface area contributed by atoms with Crippen LogP contribution in [0.1, 0.15) is 79.6 Å². The summed E-state index contributed by atoms with van der Waals surface area (Å²) in [6.07, 6.45) is -1.46. The zero-order chi connectivity index (χ0) is 53.1. The highest BCUT2D eigenvalue weighted by Gasteiger charge is 2.36. The Labute approximate surface area is 409 Å². The number of hydrogen-bond acceptors (Lipinski definition) is 16. The monoisotopic (exact) mass is 1020 g/mol. The van der Waals surface area contributed by atoms with Gasteiger partial charge < -0.3 is 80.2 Å². The maximum absolute atomic E-state index is 13.9. The first-order valence-corrected chi connectivity index (χ1v) is 23.9. The number of aliphatic hydroxyl groups excluding tert-OH is 1. The van der Waals surface area contributed by atoms with E-state index in [9.17, 15) is 73.2 Å². The van der Waals surface area contributed by atoms with Crippen LogP contribution in [0, 0.1) is 11.8 Å². The summed E-state index contributed by atoms with van der Waals surface area (Å²) in [7, 11) is 0. The number of carboxylic acid groups (broad SMARTS) is 3. The third-order valence-corrected chi connectivity index (χ3v) is 11.2. The second-order valence-corrected chi connectivity index (χ2v) is 17.6. The van der Waals surface area contributed by atoms with Crippen molar-refractivity contribution in [2.75, 3.05) is 30.9 Å². The SMILES string of the molecule is CC[C@H](C)[C@H](NC(=O)[C@H](CCCN=C(N)N)NC(=O)[C@H](CCC(=O)O)NC(=O)[C@H](CS)NC(=O)[C@H](CC(=O)O)NC(=O)[C@@H](NC(=O)[C@@H](N)CCSC)C(C)C)C(=O)NCC(=O)N[C@H](C(=O)O)[C@@H](C)O. The molecule has 0 radical (unpaired) electrons. The zero-order valence-corrected chi connectivity index (χ0v) is 41.2. The van der Waals surface area contributed by atoms with Crippen LogP contribution in [0.3, 0.4) is 0 Å². The van der Waals surface area contributed by atoms with Crippen LogP contribution in [0.5, 0.6) is 0 Å². The quantitative estimate of drug-likeness (QED) is 0.0124. The standard InChI is InChI=1S/C40H70N12O15S2/c1-7-19(4)30(37(64)45-16-26(54)50-31(20(5)53)39(66)67)52-34(61)22(9-8-13-44-40(42)43)46-33(60)23(10-11-27(55)56)47-36(63)25(17-68)49-35(62)24(15-28(57)58)48-38(65)29(18(2)3)51-32(59)21(41)12-14-69-6/h18-25,29-31,53,68H,7-17,41H2,1-6H3,(H,45,64)(H,46,60)(H,47,63)(H,48,65)(H,49,62)(H,50,54)(H,51,59)(H,52,61)(H,55,56)(H,57,58)(H,66,67)(H4,42,43,44)/t19-,20+,21-,22-,23-,24-,25-,29-,30-,31-/m0/s1. The number of carboxylic acids is 3. The van der Waals surface area contributed by atoms with E-state index >= 15 is 0 Å². The number of aliphatic imine (C=N–C) groups is 1. The molecule has 0 rings (SSSR count). The van der Waals surface area contributed by atoms with Gasteiger partial charge >= 0.3 is 17.9 Å². The van der Waals surface area contributed by atoms with E-state index in [1.807, 2.05) is 6.26 Å². The lowest BCUT2D eigenvalue weighted by Crippen LogP contribution is -2.61. The molecule has 0 aromatic carbocycles. The molecular formula is C40H70N12O15S2. The molecule has 0 bridgehead atoms. The number of rotatable bonds is 34. The van der Waals surface area contributed by atoms with E-state index in [1.165, 1.54) is 11.8 Å². The molecule has 0 aliphatic heterocycles. The van der Waals surface area contributed by atoms with E-state index in [-0.39, 0.29) is 25.3 Å². The molecule has 0 fully saturated rings. The van der Waals surface area contributed by atoms with Crippen LogP contribution in [-0.4, -0.2) is 177 Å². The number of hydrogen-bond donors (Lipinski definition) is 16. The first-order chi connectivity index (χ1) is 32.2. The van der Waals surface area contributed by atoms with Crippen molar-refractivity contribution >= 4 is 95.5 Å². The molecule has 29 heteroatoms. The molecule has 0 saturated heterocycles. The summed E-state index contributed by atoms with van der Waals surface area (Å²) in [6.45, 7) is 6.78. The van der Waals surface area contributed by atoms with Crippen molar-refractivity contribution in [3.05, 3.63) is 0 Å². The van der Waals surface area contributed by atoms with E-state index in [1.54, 1.807) is 27.7 Å². The number of guanidine groups is 1. The number of aliphatic carboxylic acids is 3. The number of nitrogens with two attached hydrogens (primary N) is 3. The highest BCUT2D eigenvalue weighted by Crippen LogP contribution is 2.12. The summed E-state index contributed by atoms with van der Waals surface area (Å²) >= 11 is 5.56. The topological polar surface area (TPSA) is 455 Å². The highest BCUT2D eigenvalue weighted by atomic mass is 32.2. The van der Waals surface area contributed by atoms with Crippen LogP contribution >= 0.6 is 24.4 Å². The molecular weight excluding hydrogens is 953 g/mol. The Morgan fingerprint density at radius 1 is 0.638 bits per heavy atom. The Hall–Kier alpha value is -5.94. The molecule has 0 aliphatic rings. The van der Waals surface area contributed by atoms with E-state index in [2.05, 4.69) is 60.2 Å². The molecule has 0 aromatic heterocycles. The lowest BCUT2D eigenvalue weighted by atomic mass is 9.97. The van der Waals surface area contributed by atoms with E-state index in [0.29, 0.717) is 18.6 Å². The van der Waals surface area contributed by atoms with Gasteiger partial charge in [-0.15, -0.1) is 0 Å². The van der Waals surface area contributed by atoms with Crippen LogP contribution in [0.4, 0.5) is 0 Å². The number of thiol groups is 1. The van der Waals surface area contributed by atoms with Crippen molar-refractivity contribution in [1.29, 1.82) is 0 Å². The second kappa shape index (κ2) is 32.7. The number of carbonyl (C=O) groups is 11.